The third-order valence-electron chi connectivity index (χ3n) is 2.92. The Labute approximate surface area is 127 Å². The van der Waals surface area contributed by atoms with Crippen molar-refractivity contribution < 1.29 is 14.7 Å². The fourth-order valence-corrected chi connectivity index (χ4v) is 2.19. The molecule has 2 rings (SSSR count). The molecule has 0 aliphatic carbocycles. The molecule has 1 aromatic heterocycles. The average molecular weight is 354 g/mol. The number of aryl methyl sites for hydroxylation is 1. The Bertz CT molecular complexity index is 763. The van der Waals surface area contributed by atoms with E-state index in [4.69, 9.17) is 5.11 Å². The number of ketones is 1. The normalized spacial score (nSPS) is 10.4. The van der Waals surface area contributed by atoms with Gasteiger partial charge in [0, 0.05) is 29.8 Å². The predicted molar refractivity (Wildman–Crippen MR) is 78.5 cm³/mol. The lowest BCUT2D eigenvalue weighted by Gasteiger charge is -2.06. The molecule has 0 radical (unpaired) electrons. The third kappa shape index (κ3) is 3.22. The lowest BCUT2D eigenvalue weighted by molar-refractivity contribution is 0.103. The minimum absolute atomic E-state index is 0.0389. The van der Waals surface area contributed by atoms with Crippen LogP contribution in [0.25, 0.3) is 0 Å². The minimum Gasteiger partial charge on any atom is -0.465 e. The molecule has 0 bridgehead atoms. The monoisotopic (exact) mass is 353 g/mol. The number of amides is 1. The maximum atomic E-state index is 12.3. The number of carboxylic acid groups (broad SMARTS) is 1. The second kappa shape index (κ2) is 5.96. The van der Waals surface area contributed by atoms with Gasteiger partial charge in [-0.05, 0) is 23.8 Å². The van der Waals surface area contributed by atoms with E-state index in [0.29, 0.717) is 15.6 Å². The molecule has 1 amide bonds. The van der Waals surface area contributed by atoms with Crippen molar-refractivity contribution in [2.24, 2.45) is 7.05 Å². The van der Waals surface area contributed by atoms with Crippen LogP contribution in [0.5, 0.6) is 0 Å². The summed E-state index contributed by atoms with van der Waals surface area (Å²) in [6.45, 7) is 0.0577. The second-order valence-corrected chi connectivity index (χ2v) is 5.20. The Morgan fingerprint density at radius 2 is 2.14 bits per heavy atom. The summed E-state index contributed by atoms with van der Waals surface area (Å²) < 4.78 is 1.88. The summed E-state index contributed by atoms with van der Waals surface area (Å²) in [7, 11) is 1.52. The molecule has 0 spiro atoms. The van der Waals surface area contributed by atoms with Crippen molar-refractivity contribution in [1.29, 1.82) is 0 Å². The molecule has 2 aromatic rings. The van der Waals surface area contributed by atoms with E-state index in [1.165, 1.54) is 17.9 Å². The first-order valence-electron chi connectivity index (χ1n) is 5.94. The van der Waals surface area contributed by atoms with Crippen molar-refractivity contribution in [3.63, 3.8) is 0 Å². The number of halogens is 1. The zero-order valence-corrected chi connectivity index (χ0v) is 12.6. The highest BCUT2D eigenvalue weighted by atomic mass is 79.9. The van der Waals surface area contributed by atoms with Gasteiger partial charge in [0.1, 0.15) is 5.56 Å². The van der Waals surface area contributed by atoms with Crippen LogP contribution in [0.3, 0.4) is 0 Å². The largest absolute Gasteiger partial charge is 0.465 e. The molecule has 3 N–H and O–H groups in total. The summed E-state index contributed by atoms with van der Waals surface area (Å²) in [6, 6.07) is 4.77. The van der Waals surface area contributed by atoms with Gasteiger partial charge in [0.25, 0.3) is 5.56 Å². The van der Waals surface area contributed by atoms with Crippen LogP contribution in [0.1, 0.15) is 21.5 Å². The minimum atomic E-state index is -1.15. The number of aromatic amines is 1. The molecule has 110 valence electrons. The van der Waals surface area contributed by atoms with Crippen molar-refractivity contribution in [3.8, 4) is 0 Å². The smallest absolute Gasteiger partial charge is 0.404 e. The van der Waals surface area contributed by atoms with E-state index in [2.05, 4.69) is 26.3 Å². The van der Waals surface area contributed by atoms with Crippen LogP contribution in [0.15, 0.2) is 33.7 Å². The Morgan fingerprint density at radius 3 is 2.71 bits per heavy atom. The number of nitrogens with zero attached hydrogens (tertiary/aromatic N) is 1. The highest BCUT2D eigenvalue weighted by Gasteiger charge is 2.16. The fraction of sp³-hybridized carbons (Fsp3) is 0.154. The van der Waals surface area contributed by atoms with Gasteiger partial charge in [0.05, 0.1) is 0 Å². The van der Waals surface area contributed by atoms with E-state index < -0.39 is 17.4 Å². The molecule has 0 aliphatic rings. The van der Waals surface area contributed by atoms with Gasteiger partial charge >= 0.3 is 6.09 Å². The Kier molecular flexibility index (Phi) is 4.27. The van der Waals surface area contributed by atoms with Gasteiger partial charge in [-0.15, -0.1) is 0 Å². The zero-order valence-electron chi connectivity index (χ0n) is 11.0. The second-order valence-electron chi connectivity index (χ2n) is 4.35. The van der Waals surface area contributed by atoms with Gasteiger partial charge in [0.15, 0.2) is 5.78 Å². The molecule has 21 heavy (non-hydrogen) atoms. The van der Waals surface area contributed by atoms with Gasteiger partial charge in [-0.1, -0.05) is 15.9 Å². The maximum absolute atomic E-state index is 12.3. The molecular weight excluding hydrogens is 342 g/mol. The van der Waals surface area contributed by atoms with E-state index in [1.807, 2.05) is 0 Å². The topological polar surface area (TPSA) is 104 Å². The summed E-state index contributed by atoms with van der Waals surface area (Å²) >= 11 is 3.29. The van der Waals surface area contributed by atoms with Gasteiger partial charge in [-0.25, -0.2) is 4.79 Å². The van der Waals surface area contributed by atoms with E-state index in [0.717, 1.165) is 0 Å². The summed E-state index contributed by atoms with van der Waals surface area (Å²) in [4.78, 5) is 34.6. The van der Waals surface area contributed by atoms with Gasteiger partial charge < -0.3 is 15.5 Å². The number of benzene rings is 1. The summed E-state index contributed by atoms with van der Waals surface area (Å²) in [6.07, 6.45) is 0.195. The van der Waals surface area contributed by atoms with Crippen molar-refractivity contribution >= 4 is 27.8 Å². The highest BCUT2D eigenvalue weighted by Crippen LogP contribution is 2.19. The highest BCUT2D eigenvalue weighted by molar-refractivity contribution is 9.10. The van der Waals surface area contributed by atoms with E-state index >= 15 is 0 Å². The number of H-pyrrole nitrogens is 1. The Hall–Kier alpha value is -2.35. The van der Waals surface area contributed by atoms with Crippen molar-refractivity contribution in [2.75, 3.05) is 0 Å². The Morgan fingerprint density at radius 1 is 1.43 bits per heavy atom. The number of carbonyl (C=O) groups is 2. The van der Waals surface area contributed by atoms with Crippen LogP contribution < -0.4 is 10.9 Å². The van der Waals surface area contributed by atoms with Crippen LogP contribution in [0.4, 0.5) is 4.79 Å². The number of carbonyl (C=O) groups excluding carboxylic acids is 1. The standard InChI is InChI=1S/C13H12BrN3O4/c1-17-12(19)9(6-16-17)11(18)7-2-3-10(14)8(4-7)5-15-13(20)21/h2-4,6,15-16H,5H2,1H3,(H,20,21). The number of rotatable bonds is 4. The van der Waals surface area contributed by atoms with Crippen LogP contribution in [-0.4, -0.2) is 26.8 Å². The molecule has 0 atom stereocenters. The van der Waals surface area contributed by atoms with Crippen molar-refractivity contribution in [2.45, 2.75) is 6.54 Å². The zero-order chi connectivity index (χ0) is 15.6. The van der Waals surface area contributed by atoms with Crippen molar-refractivity contribution in [1.82, 2.24) is 15.1 Å². The lowest BCUT2D eigenvalue weighted by atomic mass is 10.0. The number of nitrogens with one attached hydrogen (secondary N) is 2. The fourth-order valence-electron chi connectivity index (χ4n) is 1.80. The number of hydrogen-bond donors (Lipinski definition) is 3. The molecule has 0 saturated heterocycles. The predicted octanol–water partition coefficient (Wildman–Crippen LogP) is 1.47. The van der Waals surface area contributed by atoms with Crippen molar-refractivity contribution in [3.05, 3.63) is 55.9 Å². The molecule has 0 saturated carbocycles. The summed E-state index contributed by atoms with van der Waals surface area (Å²) in [5.41, 5.74) is 0.554. The quantitative estimate of drug-likeness (QED) is 0.724. The first-order valence-corrected chi connectivity index (χ1v) is 6.73. The van der Waals surface area contributed by atoms with Crippen LogP contribution in [0, 0.1) is 0 Å². The Balaban J connectivity index is 2.34. The maximum Gasteiger partial charge on any atom is 0.404 e. The molecule has 8 heteroatoms. The molecule has 0 unspecified atom stereocenters. The van der Waals surface area contributed by atoms with Crippen LogP contribution in [0.2, 0.25) is 0 Å². The summed E-state index contributed by atoms with van der Waals surface area (Å²) in [5, 5.41) is 13.5. The van der Waals surface area contributed by atoms with E-state index in [-0.39, 0.29) is 12.1 Å². The molecule has 0 aliphatic heterocycles. The van der Waals surface area contributed by atoms with Gasteiger partial charge in [-0.3, -0.25) is 14.3 Å². The number of hydrogen-bond acceptors (Lipinski definition) is 3. The first-order chi connectivity index (χ1) is 9.90. The molecule has 7 nitrogen and oxygen atoms in total. The first kappa shape index (κ1) is 15.0. The number of aromatic nitrogens is 2. The van der Waals surface area contributed by atoms with E-state index in [1.54, 1.807) is 18.2 Å². The van der Waals surface area contributed by atoms with E-state index in [9.17, 15) is 14.4 Å². The average Bonchev–Trinajstić information content (AvgIpc) is 2.77. The summed E-state index contributed by atoms with van der Waals surface area (Å²) in [5.74, 6) is -0.416. The molecule has 1 aromatic carbocycles. The molecule has 0 fully saturated rings. The van der Waals surface area contributed by atoms with Gasteiger partial charge in [-0.2, -0.15) is 0 Å². The molecular formula is C13H12BrN3O4. The van der Waals surface area contributed by atoms with Crippen LogP contribution in [-0.2, 0) is 13.6 Å². The SMILES string of the molecule is Cn1[nH]cc(C(=O)c2ccc(Br)c(CNC(=O)O)c2)c1=O. The third-order valence-corrected chi connectivity index (χ3v) is 3.69. The molecule has 1 heterocycles. The van der Waals surface area contributed by atoms with Crippen LogP contribution >= 0.6 is 15.9 Å². The lowest BCUT2D eigenvalue weighted by Crippen LogP contribution is -2.21. The van der Waals surface area contributed by atoms with Gasteiger partial charge in [0.2, 0.25) is 0 Å².